The largest absolute Gasteiger partial charge is 0.384 e. The van der Waals surface area contributed by atoms with Gasteiger partial charge in [-0.2, -0.15) is 0 Å². The number of anilines is 1. The lowest BCUT2D eigenvalue weighted by Gasteiger charge is -2.38. The van der Waals surface area contributed by atoms with Gasteiger partial charge in [-0.3, -0.25) is 14.5 Å². The van der Waals surface area contributed by atoms with Crippen LogP contribution in [-0.2, 0) is 20.7 Å². The van der Waals surface area contributed by atoms with Crippen molar-refractivity contribution in [2.24, 2.45) is 0 Å². The molecule has 1 aliphatic rings. The van der Waals surface area contributed by atoms with Gasteiger partial charge in [-0.15, -0.1) is 0 Å². The van der Waals surface area contributed by atoms with Crippen molar-refractivity contribution in [3.63, 3.8) is 0 Å². The van der Waals surface area contributed by atoms with E-state index >= 15 is 0 Å². The van der Waals surface area contributed by atoms with Gasteiger partial charge in [0.2, 0.25) is 11.8 Å². The molecule has 1 N–H and O–H groups in total. The highest BCUT2D eigenvalue weighted by Crippen LogP contribution is 2.27. The summed E-state index contributed by atoms with van der Waals surface area (Å²) in [6.45, 7) is 4.22. The normalized spacial score (nSPS) is 22.3. The smallest absolute Gasteiger partial charge is 0.250 e. The summed E-state index contributed by atoms with van der Waals surface area (Å²) in [4.78, 5) is 26.4. The van der Waals surface area contributed by atoms with Crippen LogP contribution in [0.25, 0.3) is 0 Å². The van der Waals surface area contributed by atoms with E-state index in [1.54, 1.807) is 18.9 Å². The third-order valence-electron chi connectivity index (χ3n) is 3.79. The first-order valence-electron chi connectivity index (χ1n) is 7.30. The molecule has 0 radical (unpaired) electrons. The summed E-state index contributed by atoms with van der Waals surface area (Å²) in [6, 6.07) is 6.77. The quantitative estimate of drug-likeness (QED) is 0.894. The van der Waals surface area contributed by atoms with Gasteiger partial charge in [-0.25, -0.2) is 0 Å². The lowest BCUT2D eigenvalue weighted by molar-refractivity contribution is -0.133. The van der Waals surface area contributed by atoms with Crippen LogP contribution in [0.2, 0.25) is 0 Å². The number of carbonyl (C=O) groups excluding carboxylic acids is 2. The van der Waals surface area contributed by atoms with Gasteiger partial charge >= 0.3 is 0 Å². The topological polar surface area (TPSA) is 58.6 Å². The van der Waals surface area contributed by atoms with Crippen LogP contribution in [0, 0.1) is 0 Å². The molecule has 2 unspecified atom stereocenters. The molecule has 0 aromatic heterocycles. The summed E-state index contributed by atoms with van der Waals surface area (Å²) >= 11 is 0. The molecule has 0 spiro atoms. The fourth-order valence-corrected chi connectivity index (χ4v) is 2.67. The highest BCUT2D eigenvalue weighted by atomic mass is 16.5. The molecule has 1 aliphatic heterocycles. The second kappa shape index (κ2) is 6.72. The summed E-state index contributed by atoms with van der Waals surface area (Å²) < 4.78 is 5.13. The van der Waals surface area contributed by atoms with E-state index in [2.05, 4.69) is 5.32 Å². The first-order chi connectivity index (χ1) is 10.1. The standard InChI is InChI=1S/C16H22N2O3/c1-4-13-15(19)17-11(2)16(20)18(13)14-8-6-5-7-12(14)9-10-21-3/h5-8,11,13H,4,9-10H2,1-3H3,(H,17,19). The fraction of sp³-hybridized carbons (Fsp3) is 0.500. The van der Waals surface area contributed by atoms with Crippen LogP contribution < -0.4 is 10.2 Å². The number of hydrogen-bond donors (Lipinski definition) is 1. The van der Waals surface area contributed by atoms with E-state index in [1.807, 2.05) is 31.2 Å². The maximum atomic E-state index is 12.5. The Balaban J connectivity index is 2.41. The maximum Gasteiger partial charge on any atom is 0.250 e. The Labute approximate surface area is 125 Å². The molecular formula is C16H22N2O3. The summed E-state index contributed by atoms with van der Waals surface area (Å²) in [7, 11) is 1.65. The van der Waals surface area contributed by atoms with E-state index in [4.69, 9.17) is 4.74 Å². The van der Waals surface area contributed by atoms with Gasteiger partial charge in [0.15, 0.2) is 0 Å². The molecule has 0 aliphatic carbocycles. The number of nitrogens with zero attached hydrogens (tertiary/aromatic N) is 1. The monoisotopic (exact) mass is 290 g/mol. The van der Waals surface area contributed by atoms with E-state index in [0.717, 1.165) is 11.3 Å². The van der Waals surface area contributed by atoms with E-state index in [9.17, 15) is 9.59 Å². The van der Waals surface area contributed by atoms with Crippen molar-refractivity contribution < 1.29 is 14.3 Å². The minimum Gasteiger partial charge on any atom is -0.384 e. The second-order valence-electron chi connectivity index (χ2n) is 5.23. The van der Waals surface area contributed by atoms with Gasteiger partial charge in [0.25, 0.3) is 0 Å². The zero-order chi connectivity index (χ0) is 15.4. The molecule has 1 heterocycles. The van der Waals surface area contributed by atoms with Crippen LogP contribution in [-0.4, -0.2) is 37.6 Å². The molecule has 0 bridgehead atoms. The lowest BCUT2D eigenvalue weighted by Crippen LogP contribution is -2.62. The van der Waals surface area contributed by atoms with Crippen LogP contribution in [0.1, 0.15) is 25.8 Å². The molecule has 2 rings (SSSR count). The average molecular weight is 290 g/mol. The molecule has 2 atom stereocenters. The zero-order valence-corrected chi connectivity index (χ0v) is 12.8. The van der Waals surface area contributed by atoms with Gasteiger partial charge < -0.3 is 10.1 Å². The molecule has 1 aromatic carbocycles. The molecule has 5 heteroatoms. The number of hydrogen-bond acceptors (Lipinski definition) is 3. The Kier molecular flexibility index (Phi) is 4.96. The number of methoxy groups -OCH3 is 1. The summed E-state index contributed by atoms with van der Waals surface area (Å²) in [5, 5.41) is 2.74. The predicted molar refractivity (Wildman–Crippen MR) is 81.2 cm³/mol. The molecular weight excluding hydrogens is 268 g/mol. The molecule has 21 heavy (non-hydrogen) atoms. The van der Waals surface area contributed by atoms with Crippen LogP contribution in [0.4, 0.5) is 5.69 Å². The SMILES string of the molecule is CCC1C(=O)NC(C)C(=O)N1c1ccccc1CCOC. The third kappa shape index (κ3) is 3.08. The van der Waals surface area contributed by atoms with Crippen molar-refractivity contribution in [3.05, 3.63) is 29.8 Å². The number of amides is 2. The number of rotatable bonds is 5. The van der Waals surface area contributed by atoms with E-state index < -0.39 is 12.1 Å². The average Bonchev–Trinajstić information content (AvgIpc) is 2.49. The number of para-hydroxylation sites is 1. The van der Waals surface area contributed by atoms with Crippen molar-refractivity contribution >= 4 is 17.5 Å². The summed E-state index contributed by atoms with van der Waals surface area (Å²) in [5.74, 6) is -0.155. The molecule has 0 saturated carbocycles. The van der Waals surface area contributed by atoms with Crippen molar-refractivity contribution in [2.75, 3.05) is 18.6 Å². The van der Waals surface area contributed by atoms with E-state index in [1.165, 1.54) is 0 Å². The summed E-state index contributed by atoms with van der Waals surface area (Å²) in [6.07, 6.45) is 1.30. The first kappa shape index (κ1) is 15.5. The number of nitrogens with one attached hydrogen (secondary N) is 1. The molecule has 1 aromatic rings. The van der Waals surface area contributed by atoms with E-state index in [-0.39, 0.29) is 11.8 Å². The van der Waals surface area contributed by atoms with Crippen LogP contribution in [0.15, 0.2) is 24.3 Å². The van der Waals surface area contributed by atoms with Crippen molar-refractivity contribution in [2.45, 2.75) is 38.8 Å². The van der Waals surface area contributed by atoms with Gasteiger partial charge in [-0.05, 0) is 31.4 Å². The number of piperazine rings is 1. The Morgan fingerprint density at radius 3 is 2.67 bits per heavy atom. The molecule has 114 valence electrons. The Morgan fingerprint density at radius 1 is 1.29 bits per heavy atom. The predicted octanol–water partition coefficient (Wildman–Crippen LogP) is 1.51. The maximum absolute atomic E-state index is 12.5. The minimum atomic E-state index is -0.490. The Hall–Kier alpha value is -1.88. The van der Waals surface area contributed by atoms with Crippen LogP contribution in [0.3, 0.4) is 0 Å². The fourth-order valence-electron chi connectivity index (χ4n) is 2.67. The van der Waals surface area contributed by atoms with E-state index in [0.29, 0.717) is 19.4 Å². The second-order valence-corrected chi connectivity index (χ2v) is 5.23. The van der Waals surface area contributed by atoms with Crippen LogP contribution >= 0.6 is 0 Å². The van der Waals surface area contributed by atoms with Crippen molar-refractivity contribution in [3.8, 4) is 0 Å². The van der Waals surface area contributed by atoms with Crippen LogP contribution in [0.5, 0.6) is 0 Å². The molecule has 1 fully saturated rings. The Morgan fingerprint density at radius 2 is 2.00 bits per heavy atom. The van der Waals surface area contributed by atoms with Gasteiger partial charge in [-0.1, -0.05) is 25.1 Å². The number of ether oxygens (including phenoxy) is 1. The summed E-state index contributed by atoms with van der Waals surface area (Å²) in [5.41, 5.74) is 1.83. The minimum absolute atomic E-state index is 0.0636. The van der Waals surface area contributed by atoms with Crippen molar-refractivity contribution in [1.82, 2.24) is 5.32 Å². The molecule has 1 saturated heterocycles. The number of benzene rings is 1. The van der Waals surface area contributed by atoms with Crippen molar-refractivity contribution in [1.29, 1.82) is 0 Å². The lowest BCUT2D eigenvalue weighted by atomic mass is 10.0. The first-order valence-corrected chi connectivity index (χ1v) is 7.30. The molecule has 5 nitrogen and oxygen atoms in total. The Bertz CT molecular complexity index is 530. The third-order valence-corrected chi connectivity index (χ3v) is 3.79. The zero-order valence-electron chi connectivity index (χ0n) is 12.8. The van der Waals surface area contributed by atoms with Gasteiger partial charge in [0.1, 0.15) is 12.1 Å². The van der Waals surface area contributed by atoms with Gasteiger partial charge in [0, 0.05) is 12.8 Å². The number of carbonyl (C=O) groups is 2. The highest BCUT2D eigenvalue weighted by molar-refractivity contribution is 6.08. The van der Waals surface area contributed by atoms with Gasteiger partial charge in [0.05, 0.1) is 6.61 Å². The molecule has 2 amide bonds. The highest BCUT2D eigenvalue weighted by Gasteiger charge is 2.39.